The summed E-state index contributed by atoms with van der Waals surface area (Å²) in [6, 6.07) is 9.24. The Morgan fingerprint density at radius 3 is 3.05 bits per heavy atom. The van der Waals surface area contributed by atoms with E-state index in [1.54, 1.807) is 0 Å². The SMILES string of the molecule is CC[C@@]12CCCN3CC=C4c5ccccc5N(C(=O)C1)C4[C@H]32. The molecule has 3 heteroatoms. The summed E-state index contributed by atoms with van der Waals surface area (Å²) >= 11 is 0. The highest BCUT2D eigenvalue weighted by atomic mass is 16.2. The molecule has 1 unspecified atom stereocenters. The molecule has 4 aliphatic rings. The number of fused-ring (bicyclic) bond motifs is 3. The van der Waals surface area contributed by atoms with E-state index in [0.29, 0.717) is 11.9 Å². The third kappa shape index (κ3) is 1.38. The fourth-order valence-electron chi connectivity index (χ4n) is 5.56. The quantitative estimate of drug-likeness (QED) is 0.795. The lowest BCUT2D eigenvalue weighted by Gasteiger charge is -2.58. The summed E-state index contributed by atoms with van der Waals surface area (Å²) in [5, 5.41) is 0. The largest absolute Gasteiger partial charge is 0.303 e. The van der Waals surface area contributed by atoms with Gasteiger partial charge in [0.05, 0.1) is 11.7 Å². The number of piperidine rings is 2. The lowest BCUT2D eigenvalue weighted by molar-refractivity contribution is -0.129. The Bertz CT molecular complexity index is 694. The van der Waals surface area contributed by atoms with Crippen LogP contribution in [0.1, 0.15) is 38.2 Å². The van der Waals surface area contributed by atoms with E-state index >= 15 is 0 Å². The van der Waals surface area contributed by atoms with Crippen LogP contribution in [0, 0.1) is 5.41 Å². The van der Waals surface area contributed by atoms with Crippen LogP contribution in [0.5, 0.6) is 0 Å². The number of anilines is 1. The molecule has 0 radical (unpaired) electrons. The molecule has 4 aliphatic heterocycles. The highest BCUT2D eigenvalue weighted by molar-refractivity contribution is 6.06. The van der Waals surface area contributed by atoms with E-state index in [2.05, 4.69) is 47.1 Å². The van der Waals surface area contributed by atoms with Gasteiger partial charge >= 0.3 is 0 Å². The van der Waals surface area contributed by atoms with Crippen molar-refractivity contribution in [3.05, 3.63) is 35.9 Å². The van der Waals surface area contributed by atoms with Gasteiger partial charge in [-0.2, -0.15) is 0 Å². The first-order chi connectivity index (χ1) is 10.7. The third-order valence-electron chi connectivity index (χ3n) is 6.53. The number of amides is 1. The van der Waals surface area contributed by atoms with Gasteiger partial charge in [0.25, 0.3) is 0 Å². The van der Waals surface area contributed by atoms with Crippen molar-refractivity contribution in [3.63, 3.8) is 0 Å². The normalized spacial score (nSPS) is 36.0. The summed E-state index contributed by atoms with van der Waals surface area (Å²) in [4.78, 5) is 17.8. The molecule has 0 bridgehead atoms. The maximum atomic E-state index is 13.0. The van der Waals surface area contributed by atoms with Crippen molar-refractivity contribution in [2.45, 2.75) is 44.7 Å². The molecule has 1 aromatic rings. The molecule has 114 valence electrons. The van der Waals surface area contributed by atoms with Gasteiger partial charge < -0.3 is 4.90 Å². The summed E-state index contributed by atoms with van der Waals surface area (Å²) in [6.07, 6.45) is 6.67. The van der Waals surface area contributed by atoms with Crippen molar-refractivity contribution in [2.24, 2.45) is 5.41 Å². The Labute approximate surface area is 131 Å². The van der Waals surface area contributed by atoms with Crippen LogP contribution in [0.15, 0.2) is 30.3 Å². The van der Waals surface area contributed by atoms with Crippen molar-refractivity contribution in [3.8, 4) is 0 Å². The summed E-state index contributed by atoms with van der Waals surface area (Å²) in [7, 11) is 0. The first-order valence-corrected chi connectivity index (χ1v) is 8.61. The minimum absolute atomic E-state index is 0.193. The van der Waals surface area contributed by atoms with Gasteiger partial charge in [-0.3, -0.25) is 9.69 Å². The van der Waals surface area contributed by atoms with Gasteiger partial charge in [-0.1, -0.05) is 31.2 Å². The van der Waals surface area contributed by atoms with Crippen LogP contribution >= 0.6 is 0 Å². The zero-order chi connectivity index (χ0) is 14.9. The molecule has 2 saturated heterocycles. The molecule has 22 heavy (non-hydrogen) atoms. The second-order valence-electron chi connectivity index (χ2n) is 7.32. The second-order valence-corrected chi connectivity index (χ2v) is 7.32. The van der Waals surface area contributed by atoms with E-state index in [4.69, 9.17) is 0 Å². The molecule has 0 saturated carbocycles. The maximum Gasteiger partial charge on any atom is 0.228 e. The topological polar surface area (TPSA) is 23.6 Å². The Kier molecular flexibility index (Phi) is 2.48. The maximum absolute atomic E-state index is 13.0. The molecule has 1 amide bonds. The number of carbonyl (C=O) groups excluding carboxylic acids is 1. The van der Waals surface area contributed by atoms with Gasteiger partial charge in [0.1, 0.15) is 0 Å². The van der Waals surface area contributed by atoms with Gasteiger partial charge in [0.15, 0.2) is 0 Å². The lowest BCUT2D eigenvalue weighted by Crippen LogP contribution is -2.68. The van der Waals surface area contributed by atoms with Gasteiger partial charge in [0, 0.05) is 24.6 Å². The monoisotopic (exact) mass is 294 g/mol. The van der Waals surface area contributed by atoms with Crippen LogP contribution in [0.25, 0.3) is 5.57 Å². The van der Waals surface area contributed by atoms with Gasteiger partial charge in [-0.25, -0.2) is 0 Å². The average Bonchev–Trinajstić information content (AvgIpc) is 2.89. The fourth-order valence-corrected chi connectivity index (χ4v) is 5.56. The summed E-state index contributed by atoms with van der Waals surface area (Å²) in [5.41, 5.74) is 4.03. The van der Waals surface area contributed by atoms with Crippen LogP contribution in [0.2, 0.25) is 0 Å². The first kappa shape index (κ1) is 12.9. The van der Waals surface area contributed by atoms with Crippen LogP contribution in [0.3, 0.4) is 0 Å². The second kappa shape index (κ2) is 4.23. The Hall–Kier alpha value is -1.61. The number of hydrogen-bond acceptors (Lipinski definition) is 2. The van der Waals surface area contributed by atoms with Crippen LogP contribution < -0.4 is 4.90 Å². The molecule has 1 aromatic carbocycles. The molecule has 0 N–H and O–H groups in total. The fraction of sp³-hybridized carbons (Fsp3) is 0.526. The molecule has 0 aliphatic carbocycles. The highest BCUT2D eigenvalue weighted by Gasteiger charge is 2.59. The van der Waals surface area contributed by atoms with Crippen LogP contribution in [0.4, 0.5) is 5.69 Å². The van der Waals surface area contributed by atoms with Gasteiger partial charge in [0.2, 0.25) is 5.91 Å². The molecule has 2 fully saturated rings. The smallest absolute Gasteiger partial charge is 0.228 e. The van der Waals surface area contributed by atoms with Crippen LogP contribution in [-0.2, 0) is 4.79 Å². The third-order valence-corrected chi connectivity index (χ3v) is 6.53. The van der Waals surface area contributed by atoms with Crippen molar-refractivity contribution < 1.29 is 4.79 Å². The molecule has 3 atom stereocenters. The molecule has 5 rings (SSSR count). The zero-order valence-electron chi connectivity index (χ0n) is 13.1. The summed E-state index contributed by atoms with van der Waals surface area (Å²) in [6.45, 7) is 4.52. The average molecular weight is 294 g/mol. The Morgan fingerprint density at radius 1 is 1.32 bits per heavy atom. The number of nitrogens with zero attached hydrogens (tertiary/aromatic N) is 2. The Morgan fingerprint density at radius 2 is 2.18 bits per heavy atom. The summed E-state index contributed by atoms with van der Waals surface area (Å²) in [5.74, 6) is 0.336. The molecular formula is C19H22N2O. The Balaban J connectivity index is 1.74. The molecule has 0 spiro atoms. The van der Waals surface area contributed by atoms with Crippen molar-refractivity contribution in [2.75, 3.05) is 18.0 Å². The van der Waals surface area contributed by atoms with E-state index < -0.39 is 0 Å². The molecule has 4 heterocycles. The van der Waals surface area contributed by atoms with Gasteiger partial charge in [-0.15, -0.1) is 0 Å². The minimum Gasteiger partial charge on any atom is -0.303 e. The predicted molar refractivity (Wildman–Crippen MR) is 87.6 cm³/mol. The summed E-state index contributed by atoms with van der Waals surface area (Å²) < 4.78 is 0. The van der Waals surface area contributed by atoms with Crippen molar-refractivity contribution in [1.82, 2.24) is 4.90 Å². The van der Waals surface area contributed by atoms with Crippen LogP contribution in [-0.4, -0.2) is 36.0 Å². The number of rotatable bonds is 1. The zero-order valence-corrected chi connectivity index (χ0v) is 13.1. The number of para-hydroxylation sites is 1. The van der Waals surface area contributed by atoms with E-state index in [9.17, 15) is 4.79 Å². The van der Waals surface area contributed by atoms with E-state index in [1.807, 2.05) is 0 Å². The van der Waals surface area contributed by atoms with Crippen molar-refractivity contribution >= 4 is 17.2 Å². The van der Waals surface area contributed by atoms with Crippen molar-refractivity contribution in [1.29, 1.82) is 0 Å². The first-order valence-electron chi connectivity index (χ1n) is 8.61. The standard InChI is InChI=1S/C19H22N2O/c1-2-19-9-5-10-20-11-8-14-13-6-3-4-7-15(13)21(16(22)12-19)17(14)18(19)20/h3-4,6-8,17-18H,2,5,9-12H2,1H3/t17?,18-,19+/m0/s1. The number of hydrogen-bond donors (Lipinski definition) is 0. The number of benzene rings is 1. The molecule has 0 aromatic heterocycles. The van der Waals surface area contributed by atoms with E-state index in [0.717, 1.165) is 25.1 Å². The minimum atomic E-state index is 0.193. The van der Waals surface area contributed by atoms with E-state index in [-0.39, 0.29) is 11.5 Å². The molecular weight excluding hydrogens is 272 g/mol. The van der Waals surface area contributed by atoms with E-state index in [1.165, 1.54) is 30.5 Å². The number of carbonyl (C=O) groups is 1. The lowest BCUT2D eigenvalue weighted by atomic mass is 9.62. The van der Waals surface area contributed by atoms with Gasteiger partial charge in [-0.05, 0) is 42.9 Å². The highest BCUT2D eigenvalue weighted by Crippen LogP contribution is 2.56. The predicted octanol–water partition coefficient (Wildman–Crippen LogP) is 3.06. The molecule has 3 nitrogen and oxygen atoms in total.